The summed E-state index contributed by atoms with van der Waals surface area (Å²) in [5, 5.41) is 0. The lowest BCUT2D eigenvalue weighted by atomic mass is 10.0. The van der Waals surface area contributed by atoms with Gasteiger partial charge >= 0.3 is 0 Å². The predicted octanol–water partition coefficient (Wildman–Crippen LogP) is 8.46. The highest BCUT2D eigenvalue weighted by Crippen LogP contribution is 2.12. The van der Waals surface area contributed by atoms with Gasteiger partial charge in [0.25, 0.3) is 0 Å². The maximum Gasteiger partial charge on any atom is -0.0351 e. The van der Waals surface area contributed by atoms with Gasteiger partial charge < -0.3 is 0 Å². The highest BCUT2D eigenvalue weighted by molar-refractivity contribution is 4.81. The molecule has 0 bridgehead atoms. The third-order valence-corrected chi connectivity index (χ3v) is 4.54. The minimum atomic E-state index is 0.890. The SMILES string of the molecule is CCCCCCCCCC=CCCCCCCCCC(C)C. The highest BCUT2D eigenvalue weighted by atomic mass is 14.0. The third-order valence-electron chi connectivity index (χ3n) is 4.54. The van der Waals surface area contributed by atoms with E-state index in [1.54, 1.807) is 0 Å². The van der Waals surface area contributed by atoms with Gasteiger partial charge in [-0.2, -0.15) is 0 Å². The molecule has 0 saturated heterocycles. The van der Waals surface area contributed by atoms with Crippen LogP contribution in [0.5, 0.6) is 0 Å². The van der Waals surface area contributed by atoms with Crippen molar-refractivity contribution in [1.29, 1.82) is 0 Å². The molecule has 0 spiro atoms. The first-order valence-electron chi connectivity index (χ1n) is 10.4. The third kappa shape index (κ3) is 19.7. The van der Waals surface area contributed by atoms with Crippen molar-refractivity contribution in [2.45, 2.75) is 124 Å². The Hall–Kier alpha value is -0.260. The van der Waals surface area contributed by atoms with Gasteiger partial charge in [0.1, 0.15) is 0 Å². The fraction of sp³-hybridized carbons (Fsp3) is 0.909. The van der Waals surface area contributed by atoms with Crippen LogP contribution in [0.2, 0.25) is 0 Å². The number of hydrogen-bond donors (Lipinski definition) is 0. The lowest BCUT2D eigenvalue weighted by Crippen LogP contribution is -1.87. The summed E-state index contributed by atoms with van der Waals surface area (Å²) < 4.78 is 0. The molecule has 0 aromatic carbocycles. The molecule has 0 fully saturated rings. The molecule has 0 aromatic heterocycles. The first-order valence-corrected chi connectivity index (χ1v) is 10.4. The summed E-state index contributed by atoms with van der Waals surface area (Å²) in [5.74, 6) is 0.890. The second-order valence-corrected chi connectivity index (χ2v) is 7.47. The molecule has 0 aliphatic heterocycles. The summed E-state index contributed by atoms with van der Waals surface area (Å²) in [7, 11) is 0. The molecule has 0 aromatic rings. The Balaban J connectivity index is 3.05. The summed E-state index contributed by atoms with van der Waals surface area (Å²) in [6.45, 7) is 6.95. The van der Waals surface area contributed by atoms with Crippen molar-refractivity contribution in [3.05, 3.63) is 12.2 Å². The molecular formula is C22H44. The van der Waals surface area contributed by atoms with Crippen LogP contribution in [0.25, 0.3) is 0 Å². The Labute approximate surface area is 142 Å². The van der Waals surface area contributed by atoms with E-state index >= 15 is 0 Å². The summed E-state index contributed by atoms with van der Waals surface area (Å²) >= 11 is 0. The van der Waals surface area contributed by atoms with Crippen LogP contribution in [-0.4, -0.2) is 0 Å². The van der Waals surface area contributed by atoms with Gasteiger partial charge in [-0.1, -0.05) is 110 Å². The van der Waals surface area contributed by atoms with Crippen molar-refractivity contribution < 1.29 is 0 Å². The van der Waals surface area contributed by atoms with Gasteiger partial charge in [0.2, 0.25) is 0 Å². The van der Waals surface area contributed by atoms with Crippen LogP contribution >= 0.6 is 0 Å². The smallest absolute Gasteiger partial charge is 0.0351 e. The van der Waals surface area contributed by atoms with Crippen molar-refractivity contribution in [3.63, 3.8) is 0 Å². The van der Waals surface area contributed by atoms with Crippen LogP contribution in [0.1, 0.15) is 124 Å². The predicted molar refractivity (Wildman–Crippen MR) is 104 cm³/mol. The zero-order valence-corrected chi connectivity index (χ0v) is 16.0. The van der Waals surface area contributed by atoms with Crippen LogP contribution in [0.3, 0.4) is 0 Å². The van der Waals surface area contributed by atoms with Gasteiger partial charge in [0.15, 0.2) is 0 Å². The van der Waals surface area contributed by atoms with Crippen molar-refractivity contribution >= 4 is 0 Å². The molecule has 132 valence electrons. The Morgan fingerprint density at radius 1 is 0.545 bits per heavy atom. The molecule has 0 radical (unpaired) electrons. The standard InChI is InChI=1S/C22H44/c1-4-5-6-7-8-9-10-11-12-13-14-15-16-17-18-19-20-21-22(2)3/h12-13,22H,4-11,14-21H2,1-3H3. The average Bonchev–Trinajstić information content (AvgIpc) is 2.50. The molecule has 0 atom stereocenters. The molecule has 0 saturated carbocycles. The summed E-state index contributed by atoms with van der Waals surface area (Å²) in [6, 6.07) is 0. The van der Waals surface area contributed by atoms with Gasteiger partial charge in [-0.05, 0) is 31.6 Å². The normalized spacial score (nSPS) is 11.8. The first kappa shape index (κ1) is 21.7. The van der Waals surface area contributed by atoms with E-state index < -0.39 is 0 Å². The number of allylic oxidation sites excluding steroid dienone is 2. The van der Waals surface area contributed by atoms with Crippen LogP contribution in [0.4, 0.5) is 0 Å². The van der Waals surface area contributed by atoms with Gasteiger partial charge in [0.05, 0.1) is 0 Å². The Morgan fingerprint density at radius 3 is 1.41 bits per heavy atom. The molecule has 0 amide bonds. The average molecular weight is 309 g/mol. The lowest BCUT2D eigenvalue weighted by Gasteiger charge is -2.03. The number of rotatable bonds is 17. The summed E-state index contributed by atoms with van der Waals surface area (Å²) in [5.41, 5.74) is 0. The Bertz CT molecular complexity index is 214. The zero-order chi connectivity index (χ0) is 16.3. The lowest BCUT2D eigenvalue weighted by molar-refractivity contribution is 0.512. The maximum atomic E-state index is 2.43. The first-order chi connectivity index (χ1) is 10.8. The van der Waals surface area contributed by atoms with Crippen molar-refractivity contribution in [2.75, 3.05) is 0 Å². The van der Waals surface area contributed by atoms with E-state index in [2.05, 4.69) is 32.9 Å². The van der Waals surface area contributed by atoms with Gasteiger partial charge in [-0.15, -0.1) is 0 Å². The van der Waals surface area contributed by atoms with E-state index in [4.69, 9.17) is 0 Å². The van der Waals surface area contributed by atoms with Crippen molar-refractivity contribution in [3.8, 4) is 0 Å². The van der Waals surface area contributed by atoms with Crippen molar-refractivity contribution in [2.24, 2.45) is 5.92 Å². The van der Waals surface area contributed by atoms with Gasteiger partial charge in [-0.3, -0.25) is 0 Å². The van der Waals surface area contributed by atoms with Crippen LogP contribution in [0.15, 0.2) is 12.2 Å². The molecular weight excluding hydrogens is 264 g/mol. The van der Waals surface area contributed by atoms with E-state index in [0.29, 0.717) is 0 Å². The summed E-state index contributed by atoms with van der Waals surface area (Å²) in [6.07, 6.45) is 27.5. The zero-order valence-electron chi connectivity index (χ0n) is 16.0. The molecule has 22 heavy (non-hydrogen) atoms. The van der Waals surface area contributed by atoms with E-state index in [1.165, 1.54) is 103 Å². The largest absolute Gasteiger partial charge is 0.0885 e. The minimum Gasteiger partial charge on any atom is -0.0885 e. The molecule has 0 aliphatic carbocycles. The molecule has 0 heteroatoms. The Morgan fingerprint density at radius 2 is 0.955 bits per heavy atom. The van der Waals surface area contributed by atoms with Gasteiger partial charge in [0, 0.05) is 0 Å². The number of unbranched alkanes of at least 4 members (excludes halogenated alkanes) is 13. The fourth-order valence-corrected chi connectivity index (χ4v) is 2.98. The Kier molecular flexibility index (Phi) is 18.6. The van der Waals surface area contributed by atoms with E-state index in [-0.39, 0.29) is 0 Å². The van der Waals surface area contributed by atoms with E-state index in [1.807, 2.05) is 0 Å². The molecule has 0 unspecified atom stereocenters. The second kappa shape index (κ2) is 18.8. The van der Waals surface area contributed by atoms with Crippen LogP contribution < -0.4 is 0 Å². The highest BCUT2D eigenvalue weighted by Gasteiger charge is 1.94. The van der Waals surface area contributed by atoms with E-state index in [0.717, 1.165) is 5.92 Å². The molecule has 0 heterocycles. The second-order valence-electron chi connectivity index (χ2n) is 7.47. The topological polar surface area (TPSA) is 0 Å². The number of hydrogen-bond acceptors (Lipinski definition) is 0. The molecule has 0 N–H and O–H groups in total. The molecule has 0 aliphatic rings. The molecule has 0 nitrogen and oxygen atoms in total. The monoisotopic (exact) mass is 308 g/mol. The quantitative estimate of drug-likeness (QED) is 0.187. The van der Waals surface area contributed by atoms with Crippen LogP contribution in [-0.2, 0) is 0 Å². The molecule has 0 rings (SSSR count). The van der Waals surface area contributed by atoms with E-state index in [9.17, 15) is 0 Å². The minimum absolute atomic E-state index is 0.890. The summed E-state index contributed by atoms with van der Waals surface area (Å²) in [4.78, 5) is 0. The van der Waals surface area contributed by atoms with Gasteiger partial charge in [-0.25, -0.2) is 0 Å². The van der Waals surface area contributed by atoms with Crippen LogP contribution in [0, 0.1) is 5.92 Å². The van der Waals surface area contributed by atoms with Crippen molar-refractivity contribution in [1.82, 2.24) is 0 Å². The maximum absolute atomic E-state index is 2.43. The fourth-order valence-electron chi connectivity index (χ4n) is 2.98.